The molecule has 20 heavy (non-hydrogen) atoms. The predicted molar refractivity (Wildman–Crippen MR) is 84.9 cm³/mol. The number of amides is 1. The van der Waals surface area contributed by atoms with Crippen molar-refractivity contribution in [3.63, 3.8) is 0 Å². The van der Waals surface area contributed by atoms with Gasteiger partial charge in [0.2, 0.25) is 11.1 Å². The SMILES string of the molecule is CCCCCCCCCCCCC(=O)NC(C)C(=O)Cl. The summed E-state index contributed by atoms with van der Waals surface area (Å²) in [5, 5.41) is 2.08. The summed E-state index contributed by atoms with van der Waals surface area (Å²) in [6.07, 6.45) is 13.0. The van der Waals surface area contributed by atoms with E-state index in [4.69, 9.17) is 11.6 Å². The fourth-order valence-electron chi connectivity index (χ4n) is 2.14. The fraction of sp³-hybridized carbons (Fsp3) is 0.875. The van der Waals surface area contributed by atoms with E-state index < -0.39 is 11.3 Å². The highest BCUT2D eigenvalue weighted by atomic mass is 35.5. The molecule has 1 unspecified atom stereocenters. The monoisotopic (exact) mass is 303 g/mol. The number of halogens is 1. The summed E-state index contributed by atoms with van der Waals surface area (Å²) in [7, 11) is 0. The lowest BCUT2D eigenvalue weighted by atomic mass is 10.1. The van der Waals surface area contributed by atoms with Crippen molar-refractivity contribution in [3.05, 3.63) is 0 Å². The number of nitrogens with one attached hydrogen (secondary N) is 1. The van der Waals surface area contributed by atoms with Crippen LogP contribution in [0, 0.1) is 0 Å². The molecule has 0 saturated carbocycles. The molecule has 0 bridgehead atoms. The Hall–Kier alpha value is -0.570. The quantitative estimate of drug-likeness (QED) is 0.400. The van der Waals surface area contributed by atoms with Gasteiger partial charge in [-0.25, -0.2) is 0 Å². The Labute approximate surface area is 128 Å². The molecule has 0 spiro atoms. The van der Waals surface area contributed by atoms with E-state index in [1.807, 2.05) is 0 Å². The zero-order valence-electron chi connectivity index (χ0n) is 13.0. The number of hydrogen-bond donors (Lipinski definition) is 1. The van der Waals surface area contributed by atoms with Crippen LogP contribution in [0.5, 0.6) is 0 Å². The molecule has 0 aromatic heterocycles. The molecular weight excluding hydrogens is 274 g/mol. The molecule has 0 aliphatic heterocycles. The Kier molecular flexibility index (Phi) is 13.0. The summed E-state index contributed by atoms with van der Waals surface area (Å²) < 4.78 is 0. The zero-order chi connectivity index (χ0) is 15.2. The smallest absolute Gasteiger partial charge is 0.243 e. The van der Waals surface area contributed by atoms with Gasteiger partial charge in [-0.05, 0) is 24.9 Å². The lowest BCUT2D eigenvalue weighted by Crippen LogP contribution is -2.36. The van der Waals surface area contributed by atoms with Gasteiger partial charge in [0, 0.05) is 6.42 Å². The van der Waals surface area contributed by atoms with Crippen LogP contribution >= 0.6 is 11.6 Å². The molecule has 0 aliphatic rings. The second-order valence-corrected chi connectivity index (χ2v) is 5.90. The average Bonchev–Trinajstić information content (AvgIpc) is 2.40. The highest BCUT2D eigenvalue weighted by molar-refractivity contribution is 6.64. The molecule has 118 valence electrons. The first-order valence-electron chi connectivity index (χ1n) is 8.06. The summed E-state index contributed by atoms with van der Waals surface area (Å²) in [6, 6.07) is -0.577. The maximum Gasteiger partial charge on any atom is 0.243 e. The molecule has 0 rings (SSSR count). The Morgan fingerprint density at radius 3 is 1.80 bits per heavy atom. The van der Waals surface area contributed by atoms with Crippen molar-refractivity contribution in [1.82, 2.24) is 5.32 Å². The van der Waals surface area contributed by atoms with E-state index in [-0.39, 0.29) is 5.91 Å². The summed E-state index contributed by atoms with van der Waals surface area (Å²) in [5.41, 5.74) is 0. The van der Waals surface area contributed by atoms with Crippen molar-refractivity contribution in [1.29, 1.82) is 0 Å². The van der Waals surface area contributed by atoms with E-state index in [0.717, 1.165) is 12.8 Å². The Morgan fingerprint density at radius 1 is 0.900 bits per heavy atom. The van der Waals surface area contributed by atoms with Gasteiger partial charge in [-0.2, -0.15) is 0 Å². The van der Waals surface area contributed by atoms with Crippen molar-refractivity contribution in [3.8, 4) is 0 Å². The van der Waals surface area contributed by atoms with Gasteiger partial charge in [0.15, 0.2) is 0 Å². The van der Waals surface area contributed by atoms with Crippen LogP contribution in [0.2, 0.25) is 0 Å². The van der Waals surface area contributed by atoms with Crippen LogP contribution in [-0.2, 0) is 9.59 Å². The molecule has 0 saturated heterocycles. The third-order valence-electron chi connectivity index (χ3n) is 3.48. The van der Waals surface area contributed by atoms with E-state index in [2.05, 4.69) is 12.2 Å². The second kappa shape index (κ2) is 13.4. The summed E-state index contributed by atoms with van der Waals surface area (Å²) in [6.45, 7) is 3.84. The van der Waals surface area contributed by atoms with E-state index in [0.29, 0.717) is 6.42 Å². The molecule has 0 aromatic carbocycles. The van der Waals surface area contributed by atoms with Crippen molar-refractivity contribution in [2.75, 3.05) is 0 Å². The fourth-order valence-corrected chi connectivity index (χ4v) is 2.20. The van der Waals surface area contributed by atoms with Gasteiger partial charge in [-0.1, -0.05) is 64.7 Å². The van der Waals surface area contributed by atoms with Gasteiger partial charge >= 0.3 is 0 Å². The average molecular weight is 304 g/mol. The topological polar surface area (TPSA) is 46.2 Å². The maximum atomic E-state index is 11.5. The maximum absolute atomic E-state index is 11.5. The van der Waals surface area contributed by atoms with Gasteiger partial charge in [-0.3, -0.25) is 9.59 Å². The van der Waals surface area contributed by atoms with Crippen LogP contribution in [-0.4, -0.2) is 17.2 Å². The molecular formula is C16H30ClNO2. The first kappa shape index (κ1) is 19.4. The van der Waals surface area contributed by atoms with Crippen LogP contribution in [0.3, 0.4) is 0 Å². The number of rotatable bonds is 13. The van der Waals surface area contributed by atoms with E-state index in [1.165, 1.54) is 51.4 Å². The van der Waals surface area contributed by atoms with Gasteiger partial charge < -0.3 is 5.32 Å². The molecule has 0 heterocycles. The zero-order valence-corrected chi connectivity index (χ0v) is 13.8. The Bertz CT molecular complexity index is 269. The summed E-state index contributed by atoms with van der Waals surface area (Å²) in [4.78, 5) is 22.2. The molecule has 1 atom stereocenters. The highest BCUT2D eigenvalue weighted by Crippen LogP contribution is 2.11. The van der Waals surface area contributed by atoms with Crippen LogP contribution in [0.25, 0.3) is 0 Å². The van der Waals surface area contributed by atoms with E-state index in [1.54, 1.807) is 6.92 Å². The largest absolute Gasteiger partial charge is 0.345 e. The Morgan fingerprint density at radius 2 is 1.35 bits per heavy atom. The number of carbonyl (C=O) groups is 2. The minimum atomic E-state index is -0.577. The number of hydrogen-bond acceptors (Lipinski definition) is 2. The van der Waals surface area contributed by atoms with Gasteiger partial charge in [-0.15, -0.1) is 0 Å². The first-order chi connectivity index (χ1) is 9.57. The lowest BCUT2D eigenvalue weighted by Gasteiger charge is -2.09. The van der Waals surface area contributed by atoms with E-state index in [9.17, 15) is 9.59 Å². The molecule has 3 nitrogen and oxygen atoms in total. The van der Waals surface area contributed by atoms with Crippen LogP contribution in [0.4, 0.5) is 0 Å². The standard InChI is InChI=1S/C16H30ClNO2/c1-3-4-5-6-7-8-9-10-11-12-13-15(19)18-14(2)16(17)20/h14H,3-13H2,1-2H3,(H,18,19). The lowest BCUT2D eigenvalue weighted by molar-refractivity contribution is -0.124. The molecule has 0 fully saturated rings. The van der Waals surface area contributed by atoms with Crippen molar-refractivity contribution in [2.45, 2.75) is 90.5 Å². The summed E-state index contributed by atoms with van der Waals surface area (Å²) in [5.74, 6) is -0.0777. The molecule has 4 heteroatoms. The van der Waals surface area contributed by atoms with Crippen molar-refractivity contribution in [2.24, 2.45) is 0 Å². The second-order valence-electron chi connectivity index (χ2n) is 5.53. The Balaban J connectivity index is 3.27. The normalized spacial score (nSPS) is 12.2. The molecule has 1 N–H and O–H groups in total. The van der Waals surface area contributed by atoms with Crippen molar-refractivity contribution < 1.29 is 9.59 Å². The first-order valence-corrected chi connectivity index (χ1v) is 8.44. The van der Waals surface area contributed by atoms with Gasteiger partial charge in [0.1, 0.15) is 6.04 Å². The predicted octanol–water partition coefficient (Wildman–Crippen LogP) is 4.57. The summed E-state index contributed by atoms with van der Waals surface area (Å²) >= 11 is 5.28. The number of unbranched alkanes of at least 4 members (excludes halogenated alkanes) is 9. The van der Waals surface area contributed by atoms with Crippen molar-refractivity contribution >= 4 is 22.8 Å². The van der Waals surface area contributed by atoms with E-state index >= 15 is 0 Å². The molecule has 0 aliphatic carbocycles. The molecule has 0 radical (unpaired) electrons. The highest BCUT2D eigenvalue weighted by Gasteiger charge is 2.12. The molecule has 1 amide bonds. The minimum Gasteiger partial charge on any atom is -0.345 e. The van der Waals surface area contributed by atoms with Gasteiger partial charge in [0.05, 0.1) is 0 Å². The number of carbonyl (C=O) groups excluding carboxylic acids is 2. The third-order valence-corrected chi connectivity index (χ3v) is 3.80. The molecule has 0 aromatic rings. The minimum absolute atomic E-state index is 0.0777. The third kappa shape index (κ3) is 12.5. The van der Waals surface area contributed by atoms with Gasteiger partial charge in [0.25, 0.3) is 0 Å². The van der Waals surface area contributed by atoms with Crippen LogP contribution in [0.15, 0.2) is 0 Å². The van der Waals surface area contributed by atoms with Crippen LogP contribution in [0.1, 0.15) is 84.5 Å². The van der Waals surface area contributed by atoms with Crippen LogP contribution < -0.4 is 5.32 Å².